The van der Waals surface area contributed by atoms with E-state index >= 15 is 0 Å². The van der Waals surface area contributed by atoms with Crippen LogP contribution in [0.2, 0.25) is 0 Å². The third kappa shape index (κ3) is 5.49. The lowest BCUT2D eigenvalue weighted by Gasteiger charge is -2.23. The van der Waals surface area contributed by atoms with Gasteiger partial charge in [0.1, 0.15) is 18.0 Å². The van der Waals surface area contributed by atoms with E-state index < -0.39 is 52.5 Å². The second-order valence-electron chi connectivity index (χ2n) is 7.97. The number of nitrogens with one attached hydrogen (secondary N) is 1. The molecule has 190 valence electrons. The van der Waals surface area contributed by atoms with Gasteiger partial charge in [-0.3, -0.25) is 9.78 Å². The van der Waals surface area contributed by atoms with Crippen molar-refractivity contribution in [2.45, 2.75) is 36.3 Å². The van der Waals surface area contributed by atoms with Gasteiger partial charge in [0, 0.05) is 55.4 Å². The smallest absolute Gasteiger partial charge is 0.351 e. The molecule has 1 saturated heterocycles. The number of carbonyl (C=O) groups excluding carboxylic acids is 1. The summed E-state index contributed by atoms with van der Waals surface area (Å²) in [6, 6.07) is 4.19. The largest absolute Gasteiger partial charge is 0.451 e. The Kier molecular flexibility index (Phi) is 7.00. The highest BCUT2D eigenvalue weighted by Crippen LogP contribution is 2.29. The van der Waals surface area contributed by atoms with E-state index in [1.165, 1.54) is 12.4 Å². The van der Waals surface area contributed by atoms with Crippen LogP contribution in [0.5, 0.6) is 0 Å². The number of nitrogens with zero attached hydrogens (tertiary/aromatic N) is 4. The van der Waals surface area contributed by atoms with Gasteiger partial charge in [-0.15, -0.1) is 0 Å². The van der Waals surface area contributed by atoms with Gasteiger partial charge in [-0.2, -0.15) is 17.5 Å². The van der Waals surface area contributed by atoms with Gasteiger partial charge in [-0.05, 0) is 35.9 Å². The summed E-state index contributed by atoms with van der Waals surface area (Å²) in [5.41, 5.74) is 1.10. The molecule has 1 aliphatic heterocycles. The normalized spacial score (nSPS) is 18.8. The van der Waals surface area contributed by atoms with Crippen molar-refractivity contribution in [1.82, 2.24) is 24.6 Å². The zero-order valence-corrected chi connectivity index (χ0v) is 19.1. The van der Waals surface area contributed by atoms with Gasteiger partial charge in [0.05, 0.1) is 4.90 Å². The second-order valence-corrected chi connectivity index (χ2v) is 9.86. The summed E-state index contributed by atoms with van der Waals surface area (Å²) in [5, 5.41) is 2.54. The van der Waals surface area contributed by atoms with Gasteiger partial charge in [0.2, 0.25) is 21.8 Å². The number of aromatic nitrogens is 3. The molecule has 0 radical (unpaired) electrons. The van der Waals surface area contributed by atoms with E-state index in [9.17, 15) is 35.2 Å². The lowest BCUT2D eigenvalue weighted by Crippen LogP contribution is -2.45. The summed E-state index contributed by atoms with van der Waals surface area (Å²) in [7, 11) is -4.26. The fraction of sp³-hybridized carbons (Fsp3) is 0.273. The Hall–Kier alpha value is -3.52. The molecule has 0 unspecified atom stereocenters. The maximum atomic E-state index is 14.2. The highest BCUT2D eigenvalue weighted by molar-refractivity contribution is 7.89. The van der Waals surface area contributed by atoms with Crippen molar-refractivity contribution in [2.24, 2.45) is 0 Å². The number of hydrogen-bond donors (Lipinski definition) is 1. The Balaban J connectivity index is 1.46. The summed E-state index contributed by atoms with van der Waals surface area (Å²) in [6.45, 7) is -0.637. The second kappa shape index (κ2) is 9.85. The van der Waals surface area contributed by atoms with E-state index in [1.807, 2.05) is 0 Å². The molecule has 0 bridgehead atoms. The molecule has 1 aliphatic rings. The summed E-state index contributed by atoms with van der Waals surface area (Å²) in [4.78, 5) is 23.1. The first-order valence-electron chi connectivity index (χ1n) is 10.5. The Morgan fingerprint density at radius 1 is 1.06 bits per heavy atom. The van der Waals surface area contributed by atoms with E-state index in [1.54, 1.807) is 6.07 Å². The molecule has 1 fully saturated rings. The molecule has 4 rings (SSSR count). The maximum absolute atomic E-state index is 14.2. The van der Waals surface area contributed by atoms with Crippen LogP contribution in [0.3, 0.4) is 0 Å². The lowest BCUT2D eigenvalue weighted by atomic mass is 10.1. The van der Waals surface area contributed by atoms with E-state index in [2.05, 4.69) is 20.3 Å². The Bertz CT molecular complexity index is 1350. The fourth-order valence-corrected chi connectivity index (χ4v) is 5.30. The molecule has 14 heteroatoms. The first-order valence-corrected chi connectivity index (χ1v) is 11.9. The summed E-state index contributed by atoms with van der Waals surface area (Å²) < 4.78 is 92.0. The van der Waals surface area contributed by atoms with Crippen LogP contribution in [0.25, 0.3) is 11.1 Å². The van der Waals surface area contributed by atoms with Gasteiger partial charge in [-0.1, -0.05) is 0 Å². The van der Waals surface area contributed by atoms with Crippen LogP contribution in [0.15, 0.2) is 60.0 Å². The number of hydrogen-bond acceptors (Lipinski definition) is 6. The average Bonchev–Trinajstić information content (AvgIpc) is 3.25. The van der Waals surface area contributed by atoms with Crippen LogP contribution >= 0.6 is 0 Å². The third-order valence-corrected chi connectivity index (χ3v) is 7.32. The van der Waals surface area contributed by atoms with Crippen molar-refractivity contribution in [2.75, 3.05) is 6.54 Å². The van der Waals surface area contributed by atoms with E-state index in [-0.39, 0.29) is 23.4 Å². The monoisotopic (exact) mass is 527 g/mol. The molecule has 3 aromatic rings. The first-order chi connectivity index (χ1) is 16.9. The minimum absolute atomic E-state index is 0.112. The van der Waals surface area contributed by atoms with Crippen molar-refractivity contribution in [3.63, 3.8) is 0 Å². The van der Waals surface area contributed by atoms with Gasteiger partial charge in [-0.25, -0.2) is 27.2 Å². The number of carbonyl (C=O) groups is 1. The number of benzene rings is 1. The predicted octanol–water partition coefficient (Wildman–Crippen LogP) is 3.11. The summed E-state index contributed by atoms with van der Waals surface area (Å²) >= 11 is 0. The van der Waals surface area contributed by atoms with Crippen LogP contribution in [0.1, 0.15) is 17.8 Å². The number of pyridine rings is 1. The van der Waals surface area contributed by atoms with E-state index in [0.29, 0.717) is 11.1 Å². The van der Waals surface area contributed by atoms with Crippen molar-refractivity contribution in [1.29, 1.82) is 0 Å². The number of alkyl halides is 4. The molecule has 0 spiro atoms. The SMILES string of the molecule is O=C(NCc1cncc(-c2cnc(C(F)(F)F)nc2)c1)[C@@H]1C[C@@H](F)CN1S(=O)(=O)c1ccc(F)cc1. The van der Waals surface area contributed by atoms with Gasteiger partial charge >= 0.3 is 6.18 Å². The molecule has 0 aliphatic carbocycles. The zero-order chi connectivity index (χ0) is 26.1. The number of rotatable bonds is 6. The molecule has 36 heavy (non-hydrogen) atoms. The van der Waals surface area contributed by atoms with Gasteiger partial charge in [0.15, 0.2) is 0 Å². The minimum Gasteiger partial charge on any atom is -0.351 e. The molecular formula is C22H18F5N5O3S. The van der Waals surface area contributed by atoms with Crippen molar-refractivity contribution < 1.29 is 35.2 Å². The molecule has 3 heterocycles. The summed E-state index contributed by atoms with van der Waals surface area (Å²) in [6.07, 6.45) is -1.85. The van der Waals surface area contributed by atoms with E-state index in [0.717, 1.165) is 41.0 Å². The summed E-state index contributed by atoms with van der Waals surface area (Å²) in [5.74, 6) is -2.68. The maximum Gasteiger partial charge on any atom is 0.451 e. The first kappa shape index (κ1) is 25.6. The van der Waals surface area contributed by atoms with Gasteiger partial charge < -0.3 is 5.32 Å². The van der Waals surface area contributed by atoms with Gasteiger partial charge in [0.25, 0.3) is 0 Å². The van der Waals surface area contributed by atoms with Crippen LogP contribution in [-0.2, 0) is 27.5 Å². The molecule has 2 atom stereocenters. The van der Waals surface area contributed by atoms with Crippen LogP contribution in [0, 0.1) is 5.82 Å². The third-order valence-electron chi connectivity index (χ3n) is 5.43. The quantitative estimate of drug-likeness (QED) is 0.494. The molecule has 1 aromatic carbocycles. The average molecular weight is 527 g/mol. The topological polar surface area (TPSA) is 105 Å². The Morgan fingerprint density at radius 3 is 2.36 bits per heavy atom. The highest BCUT2D eigenvalue weighted by atomic mass is 32.2. The van der Waals surface area contributed by atoms with Crippen molar-refractivity contribution >= 4 is 15.9 Å². The molecule has 1 amide bonds. The predicted molar refractivity (Wildman–Crippen MR) is 116 cm³/mol. The number of sulfonamides is 1. The van der Waals surface area contributed by atoms with Crippen molar-refractivity contribution in [3.05, 3.63) is 72.3 Å². The number of halogens is 5. The van der Waals surface area contributed by atoms with Crippen LogP contribution < -0.4 is 5.32 Å². The minimum atomic E-state index is -4.68. The molecule has 0 saturated carbocycles. The fourth-order valence-electron chi connectivity index (χ4n) is 3.67. The molecule has 1 N–H and O–H groups in total. The lowest BCUT2D eigenvalue weighted by molar-refractivity contribution is -0.145. The molecule has 8 nitrogen and oxygen atoms in total. The highest BCUT2D eigenvalue weighted by Gasteiger charge is 2.44. The Morgan fingerprint density at radius 2 is 1.72 bits per heavy atom. The number of amides is 1. The van der Waals surface area contributed by atoms with E-state index in [4.69, 9.17) is 0 Å². The standard InChI is InChI=1S/C22H18F5N5O3S/c23-16-1-3-18(4-2-16)36(34,35)32-12-17(24)6-19(32)20(33)29-8-13-5-14(9-28-7-13)15-10-30-21(31-11-15)22(25,26)27/h1-5,7,9-11,17,19H,6,8,12H2,(H,29,33)/t17-,19+/m1/s1. The van der Waals surface area contributed by atoms with Crippen LogP contribution in [0.4, 0.5) is 22.0 Å². The van der Waals surface area contributed by atoms with Crippen LogP contribution in [-0.4, -0.2) is 52.3 Å². The van der Waals surface area contributed by atoms with Crippen molar-refractivity contribution in [3.8, 4) is 11.1 Å². The molecular weight excluding hydrogens is 509 g/mol. The Labute approximate surface area is 202 Å². The zero-order valence-electron chi connectivity index (χ0n) is 18.3. The molecule has 2 aromatic heterocycles.